The van der Waals surface area contributed by atoms with Crippen molar-refractivity contribution in [3.05, 3.63) is 17.7 Å². The Hall–Kier alpha value is -8.83. The van der Waals surface area contributed by atoms with Crippen LogP contribution in [0, 0.1) is 11.3 Å². The molecule has 1 saturated carbocycles. The molecule has 0 spiro atoms. The van der Waals surface area contributed by atoms with Gasteiger partial charge in [0.2, 0.25) is 23.5 Å². The maximum Gasteiger partial charge on any atom is 0.303 e. The van der Waals surface area contributed by atoms with Gasteiger partial charge in [-0.25, -0.2) is 4.67 Å². The van der Waals surface area contributed by atoms with Crippen molar-refractivity contribution >= 4 is 85.9 Å². The van der Waals surface area contributed by atoms with Gasteiger partial charge in [-0.15, -0.1) is 0 Å². The van der Waals surface area contributed by atoms with Gasteiger partial charge < -0.3 is 130 Å². The number of nitrogens with one attached hydrogen (secondary N) is 4. The molecule has 4 amide bonds. The summed E-state index contributed by atoms with van der Waals surface area (Å²) in [5.74, 6) is -9.51. The first kappa shape index (κ1) is 101. The Labute approximate surface area is 691 Å². The molecule has 1 unspecified atom stereocenters. The van der Waals surface area contributed by atoms with Crippen LogP contribution in [-0.4, -0.2) is 304 Å². The molecular formula is C76H115N6O36P. The molecule has 1 aliphatic carbocycles. The monoisotopic (exact) mass is 1720 g/mol. The molecule has 3 saturated heterocycles. The van der Waals surface area contributed by atoms with E-state index < -0.39 is 198 Å². The summed E-state index contributed by atoms with van der Waals surface area (Å²) >= 11 is 0. The quantitative estimate of drug-likeness (QED) is 0.0314. The highest BCUT2D eigenvalue weighted by Crippen LogP contribution is 2.49. The van der Waals surface area contributed by atoms with Crippen molar-refractivity contribution in [3.63, 3.8) is 0 Å². The summed E-state index contributed by atoms with van der Waals surface area (Å²) in [4.78, 5) is 163. The van der Waals surface area contributed by atoms with Crippen LogP contribution in [0.25, 0.3) is 0 Å². The van der Waals surface area contributed by atoms with Crippen molar-refractivity contribution in [2.24, 2.45) is 0 Å². The van der Waals surface area contributed by atoms with E-state index in [4.69, 9.17) is 109 Å². The molecule has 3 aliphatic heterocycles. The topological polar surface area (TPSA) is 509 Å². The van der Waals surface area contributed by atoms with E-state index >= 15 is 0 Å². The smallest absolute Gasteiger partial charge is 0.303 e. The Kier molecular flexibility index (Phi) is 44.3. The molecule has 3 heterocycles. The molecule has 4 aliphatic rings. The molecule has 1 aromatic rings. The van der Waals surface area contributed by atoms with Gasteiger partial charge in [-0.05, 0) is 65.5 Å². The molecule has 4 fully saturated rings. The van der Waals surface area contributed by atoms with E-state index in [1.165, 1.54) is 32.9 Å². The molecule has 0 radical (unpaired) electrons. The van der Waals surface area contributed by atoms with Gasteiger partial charge in [-0.1, -0.05) is 0 Å². The molecule has 4 N–H and O–H groups in total. The lowest BCUT2D eigenvalue weighted by Gasteiger charge is -2.44. The minimum absolute atomic E-state index is 0.0387. The summed E-state index contributed by atoms with van der Waals surface area (Å²) in [7, 11) is -1.55. The second-order valence-corrected chi connectivity index (χ2v) is 29.5. The highest BCUT2D eigenvalue weighted by Gasteiger charge is 2.55. The van der Waals surface area contributed by atoms with Crippen LogP contribution in [0.4, 0.5) is 0 Å². The fourth-order valence-electron chi connectivity index (χ4n) is 13.0. The van der Waals surface area contributed by atoms with Crippen molar-refractivity contribution in [3.8, 4) is 23.3 Å². The predicted molar refractivity (Wildman–Crippen MR) is 405 cm³/mol. The lowest BCUT2D eigenvalue weighted by atomic mass is 9.93. The molecule has 0 aromatic heterocycles. The van der Waals surface area contributed by atoms with Crippen LogP contribution >= 0.6 is 8.53 Å². The van der Waals surface area contributed by atoms with Crippen molar-refractivity contribution in [2.45, 2.75) is 259 Å². The molecule has 1 aromatic carbocycles. The van der Waals surface area contributed by atoms with Crippen LogP contribution in [-0.2, 0) is 152 Å². The SMILES string of the molecule is CC(=O)N[C@H]1[C@H](OCCOCCOc2cc(C(=O)NC3CCC(OP(OCCC#N)N(C(C)C)C(C)C)CC3)cc(OCCOCCO[C@@H]3O[C@H](COC(C)=O)[C@H](OC(C)=O)[C@H](OC(C)=O)[C@H]3NC(C)=O)c2OCCOCCO[C@@H]2O[C@H](COC(C)=O)[C@H](OC(C)=O)[C@H](OC(C)=O)[C@H]2NC(C)=O)O[C@H](COC(C)=O)[C@H](OC(C)=O)[C@@H]1OC(C)=O. The van der Waals surface area contributed by atoms with Crippen LogP contribution in [0.15, 0.2) is 12.1 Å². The number of carbonyl (C=O) groups is 13. The maximum absolute atomic E-state index is 14.7. The number of rotatable bonds is 49. The summed E-state index contributed by atoms with van der Waals surface area (Å²) in [6, 6.07) is 0.905. The summed E-state index contributed by atoms with van der Waals surface area (Å²) in [5.41, 5.74) is 0.0387. The number of nitrogens with zero attached hydrogens (tertiary/aromatic N) is 2. The lowest BCUT2D eigenvalue weighted by Crippen LogP contribution is -2.66. The van der Waals surface area contributed by atoms with Crippen molar-refractivity contribution in [2.75, 3.05) is 106 Å². The van der Waals surface area contributed by atoms with Gasteiger partial charge in [-0.2, -0.15) is 5.26 Å². The maximum atomic E-state index is 14.7. The second kappa shape index (κ2) is 52.4. The third kappa shape index (κ3) is 35.8. The zero-order chi connectivity index (χ0) is 88.0. The number of amides is 4. The number of hydrogen-bond acceptors (Lipinski definition) is 38. The average molecular weight is 1720 g/mol. The Morgan fingerprint density at radius 3 is 1.04 bits per heavy atom. The zero-order valence-corrected chi connectivity index (χ0v) is 70.9. The molecule has 43 heteroatoms. The number of carbonyl (C=O) groups excluding carboxylic acids is 13. The molecule has 119 heavy (non-hydrogen) atoms. The average Bonchev–Trinajstić information content (AvgIpc) is 0.796. The number of benzene rings is 1. The van der Waals surface area contributed by atoms with E-state index in [9.17, 15) is 67.6 Å². The van der Waals surface area contributed by atoms with Crippen molar-refractivity contribution in [1.82, 2.24) is 25.9 Å². The molecule has 670 valence electrons. The van der Waals surface area contributed by atoms with E-state index in [0.29, 0.717) is 25.7 Å². The molecular weight excluding hydrogens is 1600 g/mol. The standard InChI is InChI=1S/C76H115N6O36P/c1-41(2)82(42(3)4)119(108-23-17-22-77)118-57-20-18-56(19-21-57)81-73(95)55-36-58(99-30-24-96-27-33-102-74-63(78-43(5)83)70(112-52(14)92)67(109-49(11)89)60(115-74)38-105-46(8)86)66(101-32-26-98-29-35-104-76-65(80-45(7)85)72(114-54(16)94)69(111-51(13)91)62(117-76)40-107-48(10)88)59(37-55)100-31-25-97-28-34-103-75-64(79-44(6)84)71(113-53(15)93)68(110-50(12)90)61(116-75)39-106-47(9)87/h36-37,41-42,56-57,60-65,67-72,74-76H,17-21,23-35,38-40H2,1-16H3,(H,78,83)(H,79,84)(H,80,85)(H,81,95)/t56?,57?,60-,61-,62-,63-,64-,65-,67+,68+,69+,70-,71-,72-,74-,75-,76-,119?/m1/s1. The van der Waals surface area contributed by atoms with E-state index in [0.717, 1.165) is 62.3 Å². The normalized spacial score (nSPS) is 24.9. The van der Waals surface area contributed by atoms with E-state index in [2.05, 4.69) is 32.0 Å². The summed E-state index contributed by atoms with van der Waals surface area (Å²) < 4.78 is 137. The Bertz CT molecular complexity index is 3390. The highest BCUT2D eigenvalue weighted by molar-refractivity contribution is 7.44. The fraction of sp³-hybridized carbons (Fsp3) is 0.737. The van der Waals surface area contributed by atoms with Gasteiger partial charge >= 0.3 is 53.7 Å². The predicted octanol–water partition coefficient (Wildman–Crippen LogP) is 2.22. The highest BCUT2D eigenvalue weighted by atomic mass is 31.2. The van der Waals surface area contributed by atoms with Crippen LogP contribution in [0.1, 0.15) is 153 Å². The van der Waals surface area contributed by atoms with E-state index in [-0.39, 0.29) is 139 Å². The molecule has 0 bridgehead atoms. The van der Waals surface area contributed by atoms with Crippen LogP contribution in [0.5, 0.6) is 17.2 Å². The van der Waals surface area contributed by atoms with Gasteiger partial charge in [0.25, 0.3) is 14.4 Å². The number of hydrogen-bond donors (Lipinski definition) is 4. The summed E-state index contributed by atoms with van der Waals surface area (Å²) in [5, 5.41) is 20.3. The largest absolute Gasteiger partial charge is 0.487 e. The van der Waals surface area contributed by atoms with Crippen molar-refractivity contribution in [1.29, 1.82) is 5.26 Å². The van der Waals surface area contributed by atoms with Gasteiger partial charge in [0.05, 0.1) is 84.7 Å². The molecule has 16 atom stereocenters. The molecule has 5 rings (SSSR count). The van der Waals surface area contributed by atoms with E-state index in [1.54, 1.807) is 0 Å². The lowest BCUT2D eigenvalue weighted by molar-refractivity contribution is -0.279. The molecule has 42 nitrogen and oxygen atoms in total. The Morgan fingerprint density at radius 1 is 0.420 bits per heavy atom. The van der Waals surface area contributed by atoms with Gasteiger partial charge in [-0.3, -0.25) is 62.3 Å². The minimum Gasteiger partial charge on any atom is -0.487 e. The minimum atomic E-state index is -1.55. The van der Waals surface area contributed by atoms with Gasteiger partial charge in [0, 0.05) is 107 Å². The van der Waals surface area contributed by atoms with Crippen LogP contribution in [0.3, 0.4) is 0 Å². The van der Waals surface area contributed by atoms with Gasteiger partial charge in [0.15, 0.2) is 67.0 Å². The summed E-state index contributed by atoms with van der Waals surface area (Å²) in [6.45, 7) is 17.9. The first-order valence-corrected chi connectivity index (χ1v) is 40.0. The summed E-state index contributed by atoms with van der Waals surface area (Å²) in [6.07, 6.45) is -14.3. The van der Waals surface area contributed by atoms with Gasteiger partial charge in [0.1, 0.15) is 76.1 Å². The van der Waals surface area contributed by atoms with Crippen LogP contribution in [0.2, 0.25) is 0 Å². The second-order valence-electron chi connectivity index (χ2n) is 28.1. The zero-order valence-electron chi connectivity index (χ0n) is 70.0. The number of esters is 9. The third-order valence-electron chi connectivity index (χ3n) is 17.4. The Morgan fingerprint density at radius 2 is 0.739 bits per heavy atom. The van der Waals surface area contributed by atoms with E-state index in [1.807, 2.05) is 27.7 Å². The fourth-order valence-corrected chi connectivity index (χ4v) is 14.7. The number of nitriles is 1. The number of ether oxygens (including phenoxy) is 21. The first-order chi connectivity index (χ1) is 56.5. The Balaban J connectivity index is 1.45. The third-order valence-corrected chi connectivity index (χ3v) is 19.6. The van der Waals surface area contributed by atoms with Crippen LogP contribution < -0.4 is 35.5 Å². The van der Waals surface area contributed by atoms with Crippen molar-refractivity contribution < 1.29 is 171 Å². The first-order valence-electron chi connectivity index (χ1n) is 38.9.